The molecule has 0 aromatic heterocycles. The fourth-order valence-corrected chi connectivity index (χ4v) is 1.22. The maximum atomic E-state index is 11.1. The molecule has 0 saturated carbocycles. The Bertz CT molecular complexity index is 192. The van der Waals surface area contributed by atoms with E-state index in [2.05, 4.69) is 0 Å². The van der Waals surface area contributed by atoms with E-state index in [1.54, 1.807) is 6.92 Å². The summed E-state index contributed by atoms with van der Waals surface area (Å²) in [6.45, 7) is 5.88. The third-order valence-electron chi connectivity index (χ3n) is 1.75. The van der Waals surface area contributed by atoms with Crippen LogP contribution in [0, 0.1) is 0 Å². The molecule has 13 heavy (non-hydrogen) atoms. The first-order chi connectivity index (χ1) is 6.06. The van der Waals surface area contributed by atoms with Gasteiger partial charge in [0.25, 0.3) is 0 Å². The Morgan fingerprint density at radius 3 is 2.85 bits per heavy atom. The summed E-state index contributed by atoms with van der Waals surface area (Å²) >= 11 is 0. The number of carbonyl (C=O) groups is 1. The molecule has 0 spiro atoms. The Morgan fingerprint density at radius 1 is 1.69 bits per heavy atom. The lowest BCUT2D eigenvalue weighted by molar-refractivity contribution is -0.306. The normalized spacial score (nSPS) is 33.3. The molecule has 1 aliphatic rings. The van der Waals surface area contributed by atoms with Crippen molar-refractivity contribution in [1.82, 2.24) is 0 Å². The Kier molecular flexibility index (Phi) is 3.27. The molecule has 4 heteroatoms. The quantitative estimate of drug-likeness (QED) is 0.628. The van der Waals surface area contributed by atoms with Gasteiger partial charge in [-0.3, -0.25) is 4.79 Å². The number of esters is 1. The van der Waals surface area contributed by atoms with Crippen molar-refractivity contribution >= 4 is 5.97 Å². The van der Waals surface area contributed by atoms with Crippen LogP contribution in [0.4, 0.5) is 0 Å². The summed E-state index contributed by atoms with van der Waals surface area (Å²) in [6, 6.07) is 0. The van der Waals surface area contributed by atoms with Gasteiger partial charge < -0.3 is 14.2 Å². The minimum absolute atomic E-state index is 0.0144. The summed E-state index contributed by atoms with van der Waals surface area (Å²) in [7, 11) is 0. The second kappa shape index (κ2) is 4.07. The average Bonchev–Trinajstić information content (AvgIpc) is 2.30. The summed E-state index contributed by atoms with van der Waals surface area (Å²) in [6.07, 6.45) is 1.15. The van der Waals surface area contributed by atoms with Crippen LogP contribution in [0.2, 0.25) is 0 Å². The molecule has 1 rings (SSSR count). The number of hydrogen-bond donors (Lipinski definition) is 0. The first-order valence-corrected chi connectivity index (χ1v) is 4.59. The van der Waals surface area contributed by atoms with E-state index < -0.39 is 5.97 Å². The lowest BCUT2D eigenvalue weighted by atomic mass is 10.3. The summed E-state index contributed by atoms with van der Waals surface area (Å²) in [4.78, 5) is 11.1. The number of carbonyl (C=O) groups excluding carboxylic acids is 1. The molecule has 0 aliphatic carbocycles. The average molecular weight is 188 g/mol. The zero-order valence-corrected chi connectivity index (χ0v) is 8.33. The lowest BCUT2D eigenvalue weighted by Crippen LogP contribution is -2.33. The first kappa shape index (κ1) is 10.5. The number of ether oxygens (including phenoxy) is 3. The molecule has 0 bridgehead atoms. The van der Waals surface area contributed by atoms with E-state index in [1.165, 1.54) is 0 Å². The van der Waals surface area contributed by atoms with Crippen LogP contribution in [0.5, 0.6) is 0 Å². The third kappa shape index (κ3) is 2.97. The maximum Gasteiger partial charge on any atom is 0.326 e. The summed E-state index contributed by atoms with van der Waals surface area (Å²) < 4.78 is 15.5. The second-order valence-electron chi connectivity index (χ2n) is 3.33. The molecule has 2 unspecified atom stereocenters. The van der Waals surface area contributed by atoms with Gasteiger partial charge >= 0.3 is 11.9 Å². The monoisotopic (exact) mass is 188 g/mol. The molecule has 0 radical (unpaired) electrons. The van der Waals surface area contributed by atoms with Crippen molar-refractivity contribution in [3.05, 3.63) is 0 Å². The maximum absolute atomic E-state index is 11.1. The van der Waals surface area contributed by atoms with Crippen molar-refractivity contribution < 1.29 is 19.0 Å². The van der Waals surface area contributed by atoms with E-state index >= 15 is 0 Å². The smallest absolute Gasteiger partial charge is 0.326 e. The lowest BCUT2D eigenvalue weighted by Gasteiger charge is -2.22. The van der Waals surface area contributed by atoms with Crippen LogP contribution in [0.15, 0.2) is 0 Å². The highest BCUT2D eigenvalue weighted by Gasteiger charge is 2.38. The van der Waals surface area contributed by atoms with Gasteiger partial charge in [0.2, 0.25) is 0 Å². The molecule has 76 valence electrons. The molecule has 1 aliphatic heterocycles. The van der Waals surface area contributed by atoms with E-state index in [-0.39, 0.29) is 12.1 Å². The summed E-state index contributed by atoms with van der Waals surface area (Å²) in [5.41, 5.74) is 0. The van der Waals surface area contributed by atoms with E-state index in [0.29, 0.717) is 13.0 Å². The van der Waals surface area contributed by atoms with Gasteiger partial charge in [-0.05, 0) is 13.3 Å². The van der Waals surface area contributed by atoms with Crippen molar-refractivity contribution in [2.45, 2.75) is 45.7 Å². The Hall–Kier alpha value is -0.610. The molecule has 1 heterocycles. The molecular weight excluding hydrogens is 172 g/mol. The predicted octanol–water partition coefficient (Wildman–Crippen LogP) is 1.44. The highest BCUT2D eigenvalue weighted by molar-refractivity contribution is 5.69. The Morgan fingerprint density at radius 2 is 2.38 bits per heavy atom. The SMILES string of the molecule is CCCC(=O)OC1(C)OCC(C)O1. The van der Waals surface area contributed by atoms with Crippen LogP contribution in [0.1, 0.15) is 33.6 Å². The molecule has 0 aromatic carbocycles. The van der Waals surface area contributed by atoms with Crippen LogP contribution >= 0.6 is 0 Å². The van der Waals surface area contributed by atoms with Gasteiger partial charge in [-0.15, -0.1) is 0 Å². The number of hydrogen-bond acceptors (Lipinski definition) is 4. The zero-order valence-electron chi connectivity index (χ0n) is 8.33. The molecule has 0 amide bonds. The first-order valence-electron chi connectivity index (χ1n) is 4.59. The van der Waals surface area contributed by atoms with Gasteiger partial charge in [0.1, 0.15) is 0 Å². The van der Waals surface area contributed by atoms with Gasteiger partial charge in [0.15, 0.2) is 0 Å². The van der Waals surface area contributed by atoms with Gasteiger partial charge in [-0.25, -0.2) is 0 Å². The standard InChI is InChI=1S/C9H16O4/c1-4-5-8(10)13-9(3)11-6-7(2)12-9/h7H,4-6H2,1-3H3. The van der Waals surface area contributed by atoms with Gasteiger partial charge in [-0.1, -0.05) is 6.92 Å². The molecule has 2 atom stereocenters. The van der Waals surface area contributed by atoms with Crippen LogP contribution in [-0.2, 0) is 19.0 Å². The van der Waals surface area contributed by atoms with Gasteiger partial charge in [0, 0.05) is 13.3 Å². The summed E-state index contributed by atoms with van der Waals surface area (Å²) in [5, 5.41) is 0. The highest BCUT2D eigenvalue weighted by atomic mass is 16.9. The molecule has 1 fully saturated rings. The van der Waals surface area contributed by atoms with Crippen LogP contribution in [0.3, 0.4) is 0 Å². The van der Waals surface area contributed by atoms with Crippen LogP contribution in [0.25, 0.3) is 0 Å². The second-order valence-corrected chi connectivity index (χ2v) is 3.33. The fourth-order valence-electron chi connectivity index (χ4n) is 1.22. The van der Waals surface area contributed by atoms with Crippen LogP contribution in [-0.4, -0.2) is 24.7 Å². The minimum atomic E-state index is -1.16. The van der Waals surface area contributed by atoms with Crippen LogP contribution < -0.4 is 0 Å². The minimum Gasteiger partial charge on any atom is -0.408 e. The Labute approximate surface area is 78.2 Å². The highest BCUT2D eigenvalue weighted by Crippen LogP contribution is 2.24. The predicted molar refractivity (Wildman–Crippen MR) is 45.9 cm³/mol. The topological polar surface area (TPSA) is 44.8 Å². The van der Waals surface area contributed by atoms with E-state index in [1.807, 2.05) is 13.8 Å². The molecule has 1 saturated heterocycles. The molecule has 0 N–H and O–H groups in total. The van der Waals surface area contributed by atoms with Crippen molar-refractivity contribution in [2.24, 2.45) is 0 Å². The van der Waals surface area contributed by atoms with Crippen molar-refractivity contribution in [2.75, 3.05) is 6.61 Å². The van der Waals surface area contributed by atoms with E-state index in [9.17, 15) is 4.79 Å². The largest absolute Gasteiger partial charge is 0.408 e. The van der Waals surface area contributed by atoms with E-state index in [0.717, 1.165) is 6.42 Å². The van der Waals surface area contributed by atoms with E-state index in [4.69, 9.17) is 14.2 Å². The molecule has 0 aromatic rings. The van der Waals surface area contributed by atoms with Crippen molar-refractivity contribution in [3.63, 3.8) is 0 Å². The zero-order chi connectivity index (χ0) is 9.90. The molecule has 4 nitrogen and oxygen atoms in total. The van der Waals surface area contributed by atoms with Gasteiger partial charge in [-0.2, -0.15) is 0 Å². The Balaban J connectivity index is 2.39. The number of rotatable bonds is 3. The molecular formula is C9H16O4. The van der Waals surface area contributed by atoms with Crippen molar-refractivity contribution in [1.29, 1.82) is 0 Å². The third-order valence-corrected chi connectivity index (χ3v) is 1.75. The summed E-state index contributed by atoms with van der Waals surface area (Å²) in [5.74, 6) is -1.44. The fraction of sp³-hybridized carbons (Fsp3) is 0.889. The van der Waals surface area contributed by atoms with Gasteiger partial charge in [0.05, 0.1) is 12.7 Å². The van der Waals surface area contributed by atoms with Crippen molar-refractivity contribution in [3.8, 4) is 0 Å².